The Bertz CT molecular complexity index is 1050. The molecule has 2 heterocycles. The molecule has 0 aliphatic carbocycles. The number of ether oxygens (including phenoxy) is 3. The molecule has 0 bridgehead atoms. The smallest absolute Gasteiger partial charge is 0.323 e. The molecule has 2 N–H and O–H groups in total. The van der Waals surface area contributed by atoms with Gasteiger partial charge in [0.1, 0.15) is 21.7 Å². The van der Waals surface area contributed by atoms with Crippen molar-refractivity contribution in [1.29, 1.82) is 0 Å². The number of carbonyl (C=O) groups is 1. The molecule has 13 heteroatoms. The lowest BCUT2D eigenvalue weighted by Gasteiger charge is -2.70. The first-order chi connectivity index (χ1) is 17.0. The third kappa shape index (κ3) is 4.60. The first-order valence-electron chi connectivity index (χ1n) is 12.5. The van der Waals surface area contributed by atoms with E-state index in [1.54, 1.807) is 18.7 Å². The van der Waals surface area contributed by atoms with Crippen LogP contribution in [0.1, 0.15) is 51.3 Å². The minimum Gasteiger partial charge on any atom is -0.494 e. The second-order valence-electron chi connectivity index (χ2n) is 11.2. The molecule has 0 aromatic heterocycles. The van der Waals surface area contributed by atoms with Crippen molar-refractivity contribution in [1.82, 2.24) is 4.90 Å². The quantitative estimate of drug-likeness (QED) is 0.390. The predicted octanol–water partition coefficient (Wildman–Crippen LogP) is -1.08. The maximum atomic E-state index is 13.1. The number of carbonyl (C=O) groups excluding carboxylic acids is 1. The highest BCUT2D eigenvalue weighted by atomic mass is 16.5. The van der Waals surface area contributed by atoms with Crippen LogP contribution >= 0.6 is 0 Å². The van der Waals surface area contributed by atoms with Crippen LogP contribution in [-0.4, -0.2) is 104 Å². The topological polar surface area (TPSA) is 74.0 Å². The third-order valence-electron chi connectivity index (χ3n) is 7.82. The Morgan fingerprint density at radius 3 is 2.05 bits per heavy atom. The summed E-state index contributed by atoms with van der Waals surface area (Å²) < 4.78 is 17.0. The lowest BCUT2D eigenvalue weighted by Crippen LogP contribution is -2.73. The summed E-state index contributed by atoms with van der Waals surface area (Å²) >= 11 is 0. The molecule has 0 spiro atoms. The summed E-state index contributed by atoms with van der Waals surface area (Å²) in [6.07, 6.45) is -0.671. The highest BCUT2D eigenvalue weighted by Crippen LogP contribution is 2.64. The zero-order valence-corrected chi connectivity index (χ0v) is 22.7. The van der Waals surface area contributed by atoms with Crippen LogP contribution in [0.15, 0.2) is 0 Å². The van der Waals surface area contributed by atoms with Gasteiger partial charge in [-0.05, 0) is 57.3 Å². The van der Waals surface area contributed by atoms with E-state index in [4.69, 9.17) is 74.9 Å². The van der Waals surface area contributed by atoms with Gasteiger partial charge in [0.05, 0.1) is 59.6 Å². The summed E-state index contributed by atoms with van der Waals surface area (Å²) in [7, 11) is 50.6. The molecule has 14 radical (unpaired) electrons. The number of methoxy groups -OCH3 is 2. The molecule has 6 nitrogen and oxygen atoms in total. The number of hydrogen-bond donors (Lipinski definition) is 1. The predicted molar refractivity (Wildman–Crippen MR) is 153 cm³/mol. The highest BCUT2D eigenvalue weighted by Gasteiger charge is 2.64. The van der Waals surface area contributed by atoms with E-state index in [9.17, 15) is 4.79 Å². The molecular weight excluding hydrogens is 456 g/mol. The lowest BCUT2D eigenvalue weighted by atomic mass is 9.27. The number of fused-ring (bicyclic) bond motifs is 3. The van der Waals surface area contributed by atoms with Crippen molar-refractivity contribution in [2.24, 2.45) is 17.6 Å². The van der Waals surface area contributed by atoms with E-state index < -0.39 is 40.0 Å². The summed E-state index contributed by atoms with van der Waals surface area (Å²) in [6, 6.07) is -1.88. The van der Waals surface area contributed by atoms with Crippen molar-refractivity contribution in [3.63, 3.8) is 0 Å². The van der Waals surface area contributed by atoms with Crippen molar-refractivity contribution in [3.05, 3.63) is 11.1 Å². The number of benzene rings is 1. The Hall–Kier alpha value is -1.34. The molecule has 182 valence electrons. The van der Waals surface area contributed by atoms with Crippen LogP contribution in [-0.2, 0) is 16.0 Å². The number of rotatable bonds is 7. The Kier molecular flexibility index (Phi) is 8.44. The minimum atomic E-state index is -1.81. The van der Waals surface area contributed by atoms with Crippen LogP contribution in [0.5, 0.6) is 11.5 Å². The highest BCUT2D eigenvalue weighted by molar-refractivity contribution is 6.48. The molecule has 0 saturated carbocycles. The summed E-state index contributed by atoms with van der Waals surface area (Å²) in [6.45, 7) is 7.81. The van der Waals surface area contributed by atoms with Gasteiger partial charge < -0.3 is 24.8 Å². The van der Waals surface area contributed by atoms with Gasteiger partial charge in [-0.15, -0.1) is 0 Å². The molecule has 2 aliphatic heterocycles. The second-order valence-corrected chi connectivity index (χ2v) is 11.2. The van der Waals surface area contributed by atoms with Crippen molar-refractivity contribution >= 4 is 71.8 Å². The Morgan fingerprint density at radius 2 is 1.57 bits per heavy atom. The number of piperidine rings is 1. The van der Waals surface area contributed by atoms with Gasteiger partial charge in [-0.1, -0.05) is 33.0 Å². The lowest BCUT2D eigenvalue weighted by molar-refractivity contribution is -0.163. The van der Waals surface area contributed by atoms with Crippen LogP contribution in [0, 0.1) is 11.8 Å². The maximum absolute atomic E-state index is 13.1. The molecule has 1 fully saturated rings. The van der Waals surface area contributed by atoms with Gasteiger partial charge in [-0.25, -0.2) is 0 Å². The number of nitrogens with zero attached hydrogens (tertiary/aromatic N) is 1. The summed E-state index contributed by atoms with van der Waals surface area (Å²) in [5.74, 6) is -0.394. The number of nitrogens with two attached hydrogens (primary N) is 1. The van der Waals surface area contributed by atoms with Gasteiger partial charge in [0, 0.05) is 12.6 Å². The van der Waals surface area contributed by atoms with Gasteiger partial charge >= 0.3 is 5.97 Å². The molecule has 2 aliphatic rings. The molecule has 1 aromatic rings. The average molecular weight is 487 g/mol. The van der Waals surface area contributed by atoms with E-state index in [1.807, 2.05) is 13.8 Å². The van der Waals surface area contributed by atoms with Crippen molar-refractivity contribution in [3.8, 4) is 11.5 Å². The van der Waals surface area contributed by atoms with E-state index in [0.717, 1.165) is 0 Å². The van der Waals surface area contributed by atoms with Gasteiger partial charge in [0.15, 0.2) is 11.5 Å². The molecule has 1 saturated heterocycles. The second kappa shape index (κ2) is 10.3. The maximum Gasteiger partial charge on any atom is 0.323 e. The molecule has 4 atom stereocenters. The zero-order chi connectivity index (χ0) is 28.2. The number of hydrogen-bond acceptors (Lipinski definition) is 6. The number of esters is 1. The molecule has 37 heavy (non-hydrogen) atoms. The van der Waals surface area contributed by atoms with Gasteiger partial charge in [0.2, 0.25) is 0 Å². The van der Waals surface area contributed by atoms with Crippen molar-refractivity contribution in [2.75, 3.05) is 20.8 Å². The van der Waals surface area contributed by atoms with E-state index in [0.29, 0.717) is 35.3 Å². The standard InChI is InChI=1S/C24H31B7N2O4/c1-10(2)9-22(27)21(37-20(34)16(32)11(3)4)23(28,29)19-13-12(7-8-33(19)24(22,30)31)14(25)17(35-5)18(36-6)15(13)26/h10-11,16,19,21H,7-9,32H2,1-6H3/t16-,19?,21?,22?/m0/s1. The van der Waals surface area contributed by atoms with E-state index in [1.165, 1.54) is 14.2 Å². The van der Waals surface area contributed by atoms with Crippen LogP contribution in [0.3, 0.4) is 0 Å². The Balaban J connectivity index is 2.31. The summed E-state index contributed by atoms with van der Waals surface area (Å²) in [5, 5.41) is -5.08. The molecule has 3 unspecified atom stereocenters. The summed E-state index contributed by atoms with van der Waals surface area (Å²) in [5.41, 5.74) is 7.81. The van der Waals surface area contributed by atoms with Crippen molar-refractivity contribution in [2.45, 2.75) is 74.6 Å². The first kappa shape index (κ1) is 30.2. The SMILES string of the molecule is [B]c1c2c(c([B])c(OC)c1OC)C1N(CC2)C([B])([B])C([B])(CC(C)C)C(OC(=O)[C@@H](N)C(C)C)C1([B])[B]. The van der Waals surface area contributed by atoms with Crippen LogP contribution in [0.25, 0.3) is 0 Å². The van der Waals surface area contributed by atoms with E-state index in [-0.39, 0.29) is 29.5 Å². The first-order valence-corrected chi connectivity index (χ1v) is 12.5. The normalized spacial score (nSPS) is 27.3. The summed E-state index contributed by atoms with van der Waals surface area (Å²) in [4.78, 5) is 14.9. The van der Waals surface area contributed by atoms with Crippen LogP contribution in [0.4, 0.5) is 0 Å². The van der Waals surface area contributed by atoms with Crippen molar-refractivity contribution < 1.29 is 19.0 Å². The Morgan fingerprint density at radius 1 is 1.03 bits per heavy atom. The van der Waals surface area contributed by atoms with Gasteiger partial charge in [-0.2, -0.15) is 0 Å². The van der Waals surface area contributed by atoms with Crippen LogP contribution in [0.2, 0.25) is 10.5 Å². The third-order valence-corrected chi connectivity index (χ3v) is 7.82. The molecule has 0 amide bonds. The fourth-order valence-electron chi connectivity index (χ4n) is 5.92. The largest absolute Gasteiger partial charge is 0.494 e. The molecule has 3 rings (SSSR count). The zero-order valence-electron chi connectivity index (χ0n) is 22.7. The average Bonchev–Trinajstić information content (AvgIpc) is 2.81. The van der Waals surface area contributed by atoms with E-state index in [2.05, 4.69) is 0 Å². The minimum absolute atomic E-state index is 0.00550. The fourth-order valence-corrected chi connectivity index (χ4v) is 5.92. The molecular formula is C24H31B7N2O4. The van der Waals surface area contributed by atoms with E-state index >= 15 is 0 Å². The van der Waals surface area contributed by atoms with Crippen LogP contribution < -0.4 is 26.1 Å². The fraction of sp³-hybridized carbons (Fsp3) is 0.708. The van der Waals surface area contributed by atoms with Gasteiger partial charge in [0.25, 0.3) is 0 Å². The van der Waals surface area contributed by atoms with Gasteiger partial charge in [-0.3, -0.25) is 4.79 Å². The monoisotopic (exact) mass is 488 g/mol. The Labute approximate surface area is 231 Å². The molecule has 1 aromatic carbocycles.